The lowest BCUT2D eigenvalue weighted by Crippen LogP contribution is -2.42. The number of carbonyl (C=O) groups excluding carboxylic acids is 2. The molecule has 1 unspecified atom stereocenters. The number of carbonyl (C=O) groups is 2. The van der Waals surface area contributed by atoms with E-state index in [1.54, 1.807) is 30.2 Å². The fraction of sp³-hybridized carbons (Fsp3) is 0.556. The molecule has 2 aliphatic heterocycles. The van der Waals surface area contributed by atoms with Gasteiger partial charge in [0.1, 0.15) is 5.75 Å². The number of likely N-dealkylation sites (tertiary alicyclic amines) is 1. The number of nitrogen functional groups attached to an aromatic ring is 1. The highest BCUT2D eigenvalue weighted by Crippen LogP contribution is 2.26. The number of nitrogens with zero attached hydrogens (tertiary/aromatic N) is 2. The second kappa shape index (κ2) is 8.37. The second-order valence-electron chi connectivity index (χ2n) is 6.64. The summed E-state index contributed by atoms with van der Waals surface area (Å²) in [6.45, 7) is 5.20. The smallest absolute Gasteiger partial charge is 0.229 e. The van der Waals surface area contributed by atoms with Crippen LogP contribution in [0.5, 0.6) is 5.75 Å². The van der Waals surface area contributed by atoms with E-state index in [0.29, 0.717) is 30.2 Å². The number of amides is 2. The minimum atomic E-state index is -0.337. The lowest BCUT2D eigenvalue weighted by Gasteiger charge is -2.28. The van der Waals surface area contributed by atoms with Gasteiger partial charge in [-0.05, 0) is 18.2 Å². The Kier molecular flexibility index (Phi) is 5.95. The molecule has 26 heavy (non-hydrogen) atoms. The van der Waals surface area contributed by atoms with E-state index >= 15 is 0 Å². The monoisotopic (exact) mass is 362 g/mol. The van der Waals surface area contributed by atoms with Gasteiger partial charge in [-0.15, -0.1) is 0 Å². The predicted molar refractivity (Wildman–Crippen MR) is 98.0 cm³/mol. The summed E-state index contributed by atoms with van der Waals surface area (Å²) in [7, 11) is 1.54. The minimum absolute atomic E-state index is 0.0349. The van der Waals surface area contributed by atoms with E-state index < -0.39 is 0 Å². The van der Waals surface area contributed by atoms with Crippen molar-refractivity contribution in [1.82, 2.24) is 9.80 Å². The van der Waals surface area contributed by atoms with E-state index in [9.17, 15) is 9.59 Å². The average molecular weight is 362 g/mol. The van der Waals surface area contributed by atoms with Crippen LogP contribution in [0.2, 0.25) is 0 Å². The van der Waals surface area contributed by atoms with Crippen LogP contribution in [0.4, 0.5) is 11.4 Å². The molecule has 8 heteroatoms. The van der Waals surface area contributed by atoms with E-state index in [1.807, 2.05) is 0 Å². The normalized spacial score (nSPS) is 21.0. The number of rotatable bonds is 6. The lowest BCUT2D eigenvalue weighted by molar-refractivity contribution is -0.128. The third-order valence-corrected chi connectivity index (χ3v) is 4.87. The first-order valence-electron chi connectivity index (χ1n) is 8.89. The zero-order valence-electron chi connectivity index (χ0n) is 15.1. The van der Waals surface area contributed by atoms with E-state index in [0.717, 1.165) is 32.8 Å². The maximum absolute atomic E-state index is 12.5. The van der Waals surface area contributed by atoms with Crippen molar-refractivity contribution in [2.45, 2.75) is 6.42 Å². The standard InChI is InChI=1S/C18H26N4O4/c1-25-16-3-2-14(11-15(16)19)20-18(24)13-10-17(23)22(12-13)5-4-21-6-8-26-9-7-21/h2-3,11,13H,4-10,12,19H2,1H3,(H,20,24). The molecule has 2 heterocycles. The third-order valence-electron chi connectivity index (χ3n) is 4.87. The molecule has 2 saturated heterocycles. The van der Waals surface area contributed by atoms with Crippen LogP contribution in [0, 0.1) is 5.92 Å². The van der Waals surface area contributed by atoms with Crippen molar-refractivity contribution < 1.29 is 19.1 Å². The number of nitrogens with two attached hydrogens (primary N) is 1. The van der Waals surface area contributed by atoms with Gasteiger partial charge in [-0.3, -0.25) is 14.5 Å². The second-order valence-corrected chi connectivity index (χ2v) is 6.64. The number of hydrogen-bond donors (Lipinski definition) is 2. The molecule has 0 bridgehead atoms. The van der Waals surface area contributed by atoms with E-state index in [4.69, 9.17) is 15.2 Å². The van der Waals surface area contributed by atoms with Gasteiger partial charge in [0.05, 0.1) is 31.9 Å². The Morgan fingerprint density at radius 3 is 2.81 bits per heavy atom. The van der Waals surface area contributed by atoms with Crippen molar-refractivity contribution in [1.29, 1.82) is 0 Å². The molecule has 142 valence electrons. The molecule has 3 rings (SSSR count). The largest absolute Gasteiger partial charge is 0.495 e. The summed E-state index contributed by atoms with van der Waals surface area (Å²) >= 11 is 0. The van der Waals surface area contributed by atoms with Crippen molar-refractivity contribution in [3.05, 3.63) is 18.2 Å². The molecule has 2 aliphatic rings. The predicted octanol–water partition coefficient (Wildman–Crippen LogP) is 0.397. The average Bonchev–Trinajstić information content (AvgIpc) is 3.02. The molecule has 0 radical (unpaired) electrons. The zero-order valence-corrected chi connectivity index (χ0v) is 15.1. The van der Waals surface area contributed by atoms with Gasteiger partial charge in [-0.1, -0.05) is 0 Å². The third kappa shape index (κ3) is 4.44. The van der Waals surface area contributed by atoms with Crippen LogP contribution >= 0.6 is 0 Å². The number of ether oxygens (including phenoxy) is 2. The highest BCUT2D eigenvalue weighted by atomic mass is 16.5. The van der Waals surface area contributed by atoms with Gasteiger partial charge in [0.15, 0.2) is 0 Å². The van der Waals surface area contributed by atoms with Crippen LogP contribution in [-0.4, -0.2) is 74.7 Å². The lowest BCUT2D eigenvalue weighted by atomic mass is 10.1. The molecule has 1 aromatic rings. The fourth-order valence-electron chi connectivity index (χ4n) is 3.31. The van der Waals surface area contributed by atoms with Crippen LogP contribution in [0.3, 0.4) is 0 Å². The van der Waals surface area contributed by atoms with Gasteiger partial charge in [0.2, 0.25) is 11.8 Å². The molecule has 1 atom stereocenters. The van der Waals surface area contributed by atoms with Crippen LogP contribution in [0.25, 0.3) is 0 Å². The summed E-state index contributed by atoms with van der Waals surface area (Å²) in [5.41, 5.74) is 6.93. The van der Waals surface area contributed by atoms with Crippen molar-refractivity contribution in [3.63, 3.8) is 0 Å². The first-order chi connectivity index (χ1) is 12.6. The molecular formula is C18H26N4O4. The molecule has 1 aromatic carbocycles. The molecular weight excluding hydrogens is 336 g/mol. The maximum atomic E-state index is 12.5. The Morgan fingerprint density at radius 2 is 2.12 bits per heavy atom. The summed E-state index contributed by atoms with van der Waals surface area (Å²) in [5, 5.41) is 2.84. The van der Waals surface area contributed by atoms with Crippen LogP contribution in [0.1, 0.15) is 6.42 Å². The maximum Gasteiger partial charge on any atom is 0.229 e. The topological polar surface area (TPSA) is 97.1 Å². The first-order valence-corrected chi connectivity index (χ1v) is 8.89. The highest BCUT2D eigenvalue weighted by molar-refractivity contribution is 5.97. The van der Waals surface area contributed by atoms with Gasteiger partial charge >= 0.3 is 0 Å². The molecule has 3 N–H and O–H groups in total. The SMILES string of the molecule is COc1ccc(NC(=O)C2CC(=O)N(CCN3CCOCC3)C2)cc1N. The van der Waals surface area contributed by atoms with Crippen LogP contribution in [0.15, 0.2) is 18.2 Å². The summed E-state index contributed by atoms with van der Waals surface area (Å²) in [4.78, 5) is 28.8. The number of hydrogen-bond acceptors (Lipinski definition) is 6. The summed E-state index contributed by atoms with van der Waals surface area (Å²) in [5.74, 6) is 0.105. The van der Waals surface area contributed by atoms with E-state index in [1.165, 1.54) is 0 Å². The van der Waals surface area contributed by atoms with Crippen LogP contribution in [-0.2, 0) is 14.3 Å². The van der Waals surface area contributed by atoms with Crippen LogP contribution < -0.4 is 15.8 Å². The van der Waals surface area contributed by atoms with Gasteiger partial charge in [-0.2, -0.15) is 0 Å². The highest BCUT2D eigenvalue weighted by Gasteiger charge is 2.34. The molecule has 0 aromatic heterocycles. The van der Waals surface area contributed by atoms with Crippen molar-refractivity contribution in [2.75, 3.05) is 64.1 Å². The minimum Gasteiger partial charge on any atom is -0.495 e. The van der Waals surface area contributed by atoms with E-state index in [2.05, 4.69) is 10.2 Å². The summed E-state index contributed by atoms with van der Waals surface area (Å²) in [6.07, 6.45) is 0.251. The Bertz CT molecular complexity index is 661. The Balaban J connectivity index is 1.50. The molecule has 8 nitrogen and oxygen atoms in total. The summed E-state index contributed by atoms with van der Waals surface area (Å²) in [6, 6.07) is 5.10. The molecule has 2 amide bonds. The number of benzene rings is 1. The van der Waals surface area contributed by atoms with Crippen molar-refractivity contribution in [2.24, 2.45) is 5.92 Å². The molecule has 0 saturated carbocycles. The van der Waals surface area contributed by atoms with Gasteiger partial charge < -0.3 is 25.4 Å². The number of anilines is 2. The molecule has 2 fully saturated rings. The molecule has 0 aliphatic carbocycles. The van der Waals surface area contributed by atoms with Crippen molar-refractivity contribution >= 4 is 23.2 Å². The fourth-order valence-corrected chi connectivity index (χ4v) is 3.31. The van der Waals surface area contributed by atoms with E-state index in [-0.39, 0.29) is 24.2 Å². The summed E-state index contributed by atoms with van der Waals surface area (Å²) < 4.78 is 10.4. The number of nitrogens with one attached hydrogen (secondary N) is 1. The first kappa shape index (κ1) is 18.5. The van der Waals surface area contributed by atoms with Crippen molar-refractivity contribution in [3.8, 4) is 5.75 Å². The quantitative estimate of drug-likeness (QED) is 0.711. The Morgan fingerprint density at radius 1 is 1.35 bits per heavy atom. The Labute approximate surface area is 153 Å². The van der Waals surface area contributed by atoms with Gasteiger partial charge in [0.25, 0.3) is 0 Å². The Hall–Kier alpha value is -2.32. The van der Waals surface area contributed by atoms with Gasteiger partial charge in [-0.25, -0.2) is 0 Å². The van der Waals surface area contributed by atoms with Gasteiger partial charge in [0, 0.05) is 44.8 Å². The number of morpholine rings is 1. The number of methoxy groups -OCH3 is 1. The zero-order chi connectivity index (χ0) is 18.5. The molecule has 0 spiro atoms.